The molecule has 0 aromatic heterocycles. The zero-order valence-corrected chi connectivity index (χ0v) is 15.0. The molecule has 0 saturated heterocycles. The molecule has 3 aromatic carbocycles. The molecule has 0 bridgehead atoms. The molecule has 3 aromatic rings. The van der Waals surface area contributed by atoms with Crippen molar-refractivity contribution in [2.24, 2.45) is 0 Å². The minimum Gasteiger partial charge on any atom is -0.497 e. The fourth-order valence-electron chi connectivity index (χ4n) is 3.01. The number of fused-ring (bicyclic) bond motifs is 1. The van der Waals surface area contributed by atoms with E-state index in [2.05, 4.69) is 5.32 Å². The Morgan fingerprint density at radius 3 is 2.48 bits per heavy atom. The molecule has 3 rings (SSSR count). The fraction of sp³-hybridized carbons (Fsp3) is 0.182. The fourth-order valence-corrected chi connectivity index (χ4v) is 3.01. The summed E-state index contributed by atoms with van der Waals surface area (Å²) < 4.78 is 5.16. The summed E-state index contributed by atoms with van der Waals surface area (Å²) in [6.07, 6.45) is 0.322. The molecule has 5 nitrogen and oxygen atoms in total. The van der Waals surface area contributed by atoms with Crippen LogP contribution in [0.4, 0.5) is 0 Å². The Bertz CT molecular complexity index is 967. The van der Waals surface area contributed by atoms with E-state index in [4.69, 9.17) is 4.74 Å². The molecular weight excluding hydrogens is 342 g/mol. The first-order chi connectivity index (χ1) is 13.0. The van der Waals surface area contributed by atoms with Crippen LogP contribution < -0.4 is 10.1 Å². The van der Waals surface area contributed by atoms with Crippen LogP contribution in [-0.2, 0) is 22.4 Å². The van der Waals surface area contributed by atoms with Gasteiger partial charge in [-0.15, -0.1) is 0 Å². The molecule has 0 spiro atoms. The first-order valence-corrected chi connectivity index (χ1v) is 8.68. The van der Waals surface area contributed by atoms with E-state index < -0.39 is 12.0 Å². The van der Waals surface area contributed by atoms with Gasteiger partial charge in [-0.2, -0.15) is 0 Å². The van der Waals surface area contributed by atoms with Crippen molar-refractivity contribution in [3.63, 3.8) is 0 Å². The smallest absolute Gasteiger partial charge is 0.326 e. The van der Waals surface area contributed by atoms with Crippen molar-refractivity contribution in [1.29, 1.82) is 0 Å². The Morgan fingerprint density at radius 1 is 0.963 bits per heavy atom. The summed E-state index contributed by atoms with van der Waals surface area (Å²) in [6.45, 7) is 0. The van der Waals surface area contributed by atoms with Gasteiger partial charge in [0.15, 0.2) is 0 Å². The summed E-state index contributed by atoms with van der Waals surface area (Å²) in [6, 6.07) is 19.9. The van der Waals surface area contributed by atoms with E-state index in [9.17, 15) is 14.7 Å². The van der Waals surface area contributed by atoms with E-state index in [-0.39, 0.29) is 18.7 Å². The van der Waals surface area contributed by atoms with Gasteiger partial charge < -0.3 is 15.2 Å². The topological polar surface area (TPSA) is 75.6 Å². The molecule has 2 N–H and O–H groups in total. The third-order valence-electron chi connectivity index (χ3n) is 4.39. The molecule has 0 aliphatic rings. The number of aliphatic carboxylic acids is 1. The summed E-state index contributed by atoms with van der Waals surface area (Å²) in [7, 11) is 1.55. The highest BCUT2D eigenvalue weighted by molar-refractivity contribution is 5.87. The zero-order valence-electron chi connectivity index (χ0n) is 15.0. The van der Waals surface area contributed by atoms with Crippen molar-refractivity contribution in [1.82, 2.24) is 5.32 Å². The van der Waals surface area contributed by atoms with Gasteiger partial charge in [0.25, 0.3) is 0 Å². The van der Waals surface area contributed by atoms with Gasteiger partial charge in [0.2, 0.25) is 5.91 Å². The van der Waals surface area contributed by atoms with Gasteiger partial charge in [-0.3, -0.25) is 4.79 Å². The molecule has 27 heavy (non-hydrogen) atoms. The van der Waals surface area contributed by atoms with E-state index in [1.54, 1.807) is 25.3 Å². The van der Waals surface area contributed by atoms with Crippen LogP contribution in [-0.4, -0.2) is 30.1 Å². The number of methoxy groups -OCH3 is 1. The van der Waals surface area contributed by atoms with Gasteiger partial charge in [0, 0.05) is 6.42 Å². The minimum absolute atomic E-state index is 0.132. The number of hydrogen-bond donors (Lipinski definition) is 2. The average molecular weight is 363 g/mol. The van der Waals surface area contributed by atoms with Crippen LogP contribution >= 0.6 is 0 Å². The summed E-state index contributed by atoms with van der Waals surface area (Å²) in [4.78, 5) is 24.0. The standard InChI is InChI=1S/C22H21NO4/c1-27-19-8-4-5-15(12-19)13-20(22(25)26)23-21(24)14-16-9-10-17-6-2-3-7-18(17)11-16/h2-12,20H,13-14H2,1H3,(H,23,24)(H,25,26)/t20-/m0/s1. The zero-order chi connectivity index (χ0) is 19.2. The van der Waals surface area contributed by atoms with Gasteiger partial charge in [-0.1, -0.05) is 54.6 Å². The molecule has 0 saturated carbocycles. The number of ether oxygens (including phenoxy) is 1. The van der Waals surface area contributed by atoms with E-state index in [1.165, 1.54) is 0 Å². The monoisotopic (exact) mass is 363 g/mol. The maximum absolute atomic E-state index is 12.4. The number of amides is 1. The van der Waals surface area contributed by atoms with Crippen molar-refractivity contribution in [2.75, 3.05) is 7.11 Å². The van der Waals surface area contributed by atoms with E-state index in [1.807, 2.05) is 48.5 Å². The van der Waals surface area contributed by atoms with Crippen molar-refractivity contribution in [3.8, 4) is 5.75 Å². The number of hydrogen-bond acceptors (Lipinski definition) is 3. The predicted molar refractivity (Wildman–Crippen MR) is 104 cm³/mol. The highest BCUT2D eigenvalue weighted by Crippen LogP contribution is 2.17. The summed E-state index contributed by atoms with van der Waals surface area (Å²) >= 11 is 0. The Labute approximate surface area is 157 Å². The van der Waals surface area contributed by atoms with Gasteiger partial charge in [0.05, 0.1) is 13.5 Å². The van der Waals surface area contributed by atoms with Crippen molar-refractivity contribution >= 4 is 22.6 Å². The Kier molecular flexibility index (Phi) is 5.71. The van der Waals surface area contributed by atoms with E-state index in [0.717, 1.165) is 21.9 Å². The lowest BCUT2D eigenvalue weighted by Gasteiger charge is -2.15. The normalized spacial score (nSPS) is 11.7. The Hall–Kier alpha value is -3.34. The SMILES string of the molecule is COc1cccc(C[C@H](NC(=O)Cc2ccc3ccccc3c2)C(=O)O)c1. The van der Waals surface area contributed by atoms with Gasteiger partial charge >= 0.3 is 5.97 Å². The molecule has 5 heteroatoms. The van der Waals surface area contributed by atoms with Gasteiger partial charge in [0.1, 0.15) is 11.8 Å². The first-order valence-electron chi connectivity index (χ1n) is 8.68. The summed E-state index contributed by atoms with van der Waals surface area (Å²) in [5.41, 5.74) is 1.63. The van der Waals surface area contributed by atoms with Crippen LogP contribution in [0.15, 0.2) is 66.7 Å². The molecule has 0 heterocycles. The van der Waals surface area contributed by atoms with Crippen molar-refractivity contribution in [2.45, 2.75) is 18.9 Å². The van der Waals surface area contributed by atoms with E-state index in [0.29, 0.717) is 5.75 Å². The number of rotatable bonds is 7. The summed E-state index contributed by atoms with van der Waals surface area (Å²) in [5, 5.41) is 14.2. The second-order valence-electron chi connectivity index (χ2n) is 6.37. The van der Waals surface area contributed by atoms with Crippen molar-refractivity contribution in [3.05, 3.63) is 77.9 Å². The first kappa shape index (κ1) is 18.5. The molecule has 1 amide bonds. The van der Waals surface area contributed by atoms with Crippen LogP contribution in [0.3, 0.4) is 0 Å². The average Bonchev–Trinajstić information content (AvgIpc) is 2.67. The molecule has 138 valence electrons. The van der Waals surface area contributed by atoms with Gasteiger partial charge in [-0.25, -0.2) is 4.79 Å². The predicted octanol–water partition coefficient (Wildman–Crippen LogP) is 3.20. The molecule has 0 aliphatic heterocycles. The van der Waals surface area contributed by atoms with Crippen LogP contribution in [0.5, 0.6) is 5.75 Å². The molecule has 0 fully saturated rings. The Balaban J connectivity index is 1.67. The second kappa shape index (κ2) is 8.36. The van der Waals surface area contributed by atoms with Gasteiger partial charge in [-0.05, 0) is 34.0 Å². The van der Waals surface area contributed by atoms with Crippen molar-refractivity contribution < 1.29 is 19.4 Å². The highest BCUT2D eigenvalue weighted by Gasteiger charge is 2.20. The van der Waals surface area contributed by atoms with Crippen LogP contribution in [0.25, 0.3) is 10.8 Å². The number of carboxylic acids is 1. The number of benzene rings is 3. The number of carbonyl (C=O) groups excluding carboxylic acids is 1. The minimum atomic E-state index is -1.07. The third kappa shape index (κ3) is 4.85. The van der Waals surface area contributed by atoms with Crippen LogP contribution in [0, 0.1) is 0 Å². The number of carbonyl (C=O) groups is 2. The Morgan fingerprint density at radius 2 is 1.74 bits per heavy atom. The van der Waals surface area contributed by atoms with Crippen LogP contribution in [0.2, 0.25) is 0 Å². The molecule has 1 atom stereocenters. The molecular formula is C22H21NO4. The maximum atomic E-state index is 12.4. The lowest BCUT2D eigenvalue weighted by Crippen LogP contribution is -2.43. The lowest BCUT2D eigenvalue weighted by atomic mass is 10.0. The van der Waals surface area contributed by atoms with E-state index >= 15 is 0 Å². The van der Waals surface area contributed by atoms with Crippen LogP contribution in [0.1, 0.15) is 11.1 Å². The highest BCUT2D eigenvalue weighted by atomic mass is 16.5. The lowest BCUT2D eigenvalue weighted by molar-refractivity contribution is -0.141. The number of carboxylic acid groups (broad SMARTS) is 1. The number of nitrogens with one attached hydrogen (secondary N) is 1. The quantitative estimate of drug-likeness (QED) is 0.676. The largest absolute Gasteiger partial charge is 0.497 e. The maximum Gasteiger partial charge on any atom is 0.326 e. The molecule has 0 radical (unpaired) electrons. The summed E-state index contributed by atoms with van der Waals surface area (Å²) in [5.74, 6) is -0.732. The second-order valence-corrected chi connectivity index (χ2v) is 6.37. The molecule has 0 unspecified atom stereocenters. The third-order valence-corrected chi connectivity index (χ3v) is 4.39. The molecule has 0 aliphatic carbocycles.